The first-order chi connectivity index (χ1) is 13.2. The largest absolute Gasteiger partial charge is 0.325 e. The van der Waals surface area contributed by atoms with Crippen LogP contribution in [0.25, 0.3) is 0 Å². The Morgan fingerprint density at radius 1 is 1.07 bits per heavy atom. The minimum absolute atomic E-state index is 0.129. The summed E-state index contributed by atoms with van der Waals surface area (Å²) in [6.45, 7) is 4.80. The van der Waals surface area contributed by atoms with Crippen molar-refractivity contribution in [3.05, 3.63) is 53.6 Å². The van der Waals surface area contributed by atoms with Crippen molar-refractivity contribution in [3.8, 4) is 0 Å². The zero-order valence-corrected chi connectivity index (χ0v) is 16.4. The van der Waals surface area contributed by atoms with Gasteiger partial charge in [0.25, 0.3) is 10.0 Å². The van der Waals surface area contributed by atoms with E-state index in [1.54, 1.807) is 37.3 Å². The number of aryl methyl sites for hydroxylation is 1. The van der Waals surface area contributed by atoms with Crippen molar-refractivity contribution in [2.45, 2.75) is 31.7 Å². The maximum atomic E-state index is 12.6. The molecular formula is C19H20N4O4S. The Bertz CT molecular complexity index is 1090. The number of nitrogens with zero attached hydrogens (tertiary/aromatic N) is 1. The first kappa shape index (κ1) is 19.6. The second-order valence-corrected chi connectivity index (χ2v) is 8.13. The average Bonchev–Trinajstić information content (AvgIpc) is 2.88. The maximum Gasteiger partial charge on any atom is 0.263 e. The van der Waals surface area contributed by atoms with Gasteiger partial charge in [-0.2, -0.15) is 0 Å². The van der Waals surface area contributed by atoms with Crippen LogP contribution in [0.3, 0.4) is 0 Å². The third-order valence-corrected chi connectivity index (χ3v) is 5.51. The van der Waals surface area contributed by atoms with E-state index >= 15 is 0 Å². The quantitative estimate of drug-likeness (QED) is 0.728. The van der Waals surface area contributed by atoms with Crippen LogP contribution in [0, 0.1) is 6.92 Å². The zero-order chi connectivity index (χ0) is 20.5. The minimum Gasteiger partial charge on any atom is -0.325 e. The molecule has 2 aromatic carbocycles. The van der Waals surface area contributed by atoms with Crippen molar-refractivity contribution in [1.29, 1.82) is 0 Å². The summed E-state index contributed by atoms with van der Waals surface area (Å²) in [7, 11) is -3.67. The fourth-order valence-electron chi connectivity index (χ4n) is 2.78. The molecule has 0 aromatic heterocycles. The number of amidine groups is 1. The van der Waals surface area contributed by atoms with Crippen LogP contribution < -0.4 is 15.4 Å². The minimum atomic E-state index is -3.67. The van der Waals surface area contributed by atoms with Gasteiger partial charge in [0.15, 0.2) is 0 Å². The predicted molar refractivity (Wildman–Crippen MR) is 107 cm³/mol. The molecule has 0 saturated heterocycles. The van der Waals surface area contributed by atoms with E-state index in [2.05, 4.69) is 20.3 Å². The molecule has 0 unspecified atom stereocenters. The van der Waals surface area contributed by atoms with E-state index in [4.69, 9.17) is 0 Å². The van der Waals surface area contributed by atoms with E-state index in [1.807, 2.05) is 13.0 Å². The fraction of sp³-hybridized carbons (Fsp3) is 0.211. The fourth-order valence-corrected chi connectivity index (χ4v) is 4.02. The van der Waals surface area contributed by atoms with Crippen molar-refractivity contribution in [3.63, 3.8) is 0 Å². The van der Waals surface area contributed by atoms with Gasteiger partial charge in [-0.05, 0) is 43.7 Å². The molecule has 0 fully saturated rings. The zero-order valence-electron chi connectivity index (χ0n) is 15.6. The Hall–Kier alpha value is -3.20. The standard InChI is InChI=1S/C19H20N4O4S/c1-11-8-9-15(21-13(3)24)16(10-11)22-19(25)12(2)20-18-14-6-4-5-7-17(14)28(26,27)23-18/h4-10,12H,1-3H3,(H,20,23)(H,21,24)(H,22,25)/t12-/m0/s1. The molecule has 3 rings (SSSR count). The van der Waals surface area contributed by atoms with Crippen LogP contribution in [0.4, 0.5) is 11.4 Å². The first-order valence-corrected chi connectivity index (χ1v) is 10.0. The SMILES string of the molecule is CC(=O)Nc1ccc(C)cc1NC(=O)[C@H](C)N=C1NS(=O)(=O)c2ccccc21. The van der Waals surface area contributed by atoms with Gasteiger partial charge >= 0.3 is 0 Å². The number of benzene rings is 2. The van der Waals surface area contributed by atoms with Crippen LogP contribution in [-0.2, 0) is 19.6 Å². The molecule has 0 aliphatic carbocycles. The van der Waals surface area contributed by atoms with Crippen LogP contribution in [0.15, 0.2) is 52.4 Å². The lowest BCUT2D eigenvalue weighted by Crippen LogP contribution is -2.29. The van der Waals surface area contributed by atoms with Crippen LogP contribution in [0.1, 0.15) is 25.0 Å². The summed E-state index contributed by atoms with van der Waals surface area (Å²) >= 11 is 0. The number of fused-ring (bicyclic) bond motifs is 1. The average molecular weight is 400 g/mol. The predicted octanol–water partition coefficient (Wildman–Crippen LogP) is 2.02. The number of sulfonamides is 1. The molecule has 1 heterocycles. The van der Waals surface area contributed by atoms with Gasteiger partial charge in [-0.1, -0.05) is 18.2 Å². The van der Waals surface area contributed by atoms with Crippen molar-refractivity contribution in [2.75, 3.05) is 10.6 Å². The highest BCUT2D eigenvalue weighted by atomic mass is 32.2. The highest BCUT2D eigenvalue weighted by molar-refractivity contribution is 7.90. The maximum absolute atomic E-state index is 12.6. The second kappa shape index (κ2) is 7.43. The van der Waals surface area contributed by atoms with Gasteiger partial charge < -0.3 is 10.6 Å². The highest BCUT2D eigenvalue weighted by Crippen LogP contribution is 2.25. The molecule has 1 atom stereocenters. The van der Waals surface area contributed by atoms with E-state index in [9.17, 15) is 18.0 Å². The normalized spacial score (nSPS) is 16.8. The molecule has 146 valence electrons. The van der Waals surface area contributed by atoms with Crippen molar-refractivity contribution < 1.29 is 18.0 Å². The molecule has 1 aliphatic heterocycles. The number of hydrogen-bond acceptors (Lipinski definition) is 5. The van der Waals surface area contributed by atoms with Gasteiger partial charge in [-0.3, -0.25) is 19.3 Å². The molecular weight excluding hydrogens is 380 g/mol. The summed E-state index contributed by atoms with van der Waals surface area (Å²) in [6, 6.07) is 10.8. The Morgan fingerprint density at radius 2 is 1.79 bits per heavy atom. The summed E-state index contributed by atoms with van der Waals surface area (Å²) in [6.07, 6.45) is 0. The number of rotatable bonds is 4. The number of aliphatic imine (C=N–C) groups is 1. The topological polar surface area (TPSA) is 117 Å². The Balaban J connectivity index is 1.85. The van der Waals surface area contributed by atoms with Gasteiger partial charge in [0.1, 0.15) is 11.9 Å². The Morgan fingerprint density at radius 3 is 2.50 bits per heavy atom. The summed E-state index contributed by atoms with van der Waals surface area (Å²) in [5, 5.41) is 5.40. The smallest absolute Gasteiger partial charge is 0.263 e. The lowest BCUT2D eigenvalue weighted by molar-refractivity contribution is -0.117. The van der Waals surface area contributed by atoms with Crippen LogP contribution in [-0.4, -0.2) is 32.1 Å². The molecule has 9 heteroatoms. The van der Waals surface area contributed by atoms with Crippen LogP contribution >= 0.6 is 0 Å². The number of carbonyl (C=O) groups excluding carboxylic acids is 2. The molecule has 2 aromatic rings. The van der Waals surface area contributed by atoms with Crippen LogP contribution in [0.2, 0.25) is 0 Å². The van der Waals surface area contributed by atoms with Gasteiger partial charge in [0.2, 0.25) is 11.8 Å². The van der Waals surface area contributed by atoms with E-state index in [0.717, 1.165) is 5.56 Å². The first-order valence-electron chi connectivity index (χ1n) is 8.56. The van der Waals surface area contributed by atoms with Crippen molar-refractivity contribution >= 4 is 39.0 Å². The molecule has 0 radical (unpaired) electrons. The molecule has 0 spiro atoms. The van der Waals surface area contributed by atoms with E-state index in [-0.39, 0.29) is 16.6 Å². The highest BCUT2D eigenvalue weighted by Gasteiger charge is 2.31. The van der Waals surface area contributed by atoms with E-state index in [1.165, 1.54) is 13.0 Å². The van der Waals surface area contributed by atoms with Crippen LogP contribution in [0.5, 0.6) is 0 Å². The Kier molecular flexibility index (Phi) is 5.19. The molecule has 28 heavy (non-hydrogen) atoms. The second-order valence-electron chi connectivity index (χ2n) is 6.47. The Labute approximate surface area is 163 Å². The molecule has 8 nitrogen and oxygen atoms in total. The molecule has 3 N–H and O–H groups in total. The number of nitrogens with one attached hydrogen (secondary N) is 3. The third kappa shape index (κ3) is 4.04. The summed E-state index contributed by atoms with van der Waals surface area (Å²) in [5.41, 5.74) is 2.25. The van der Waals surface area contributed by atoms with Crippen molar-refractivity contribution in [2.24, 2.45) is 4.99 Å². The van der Waals surface area contributed by atoms with E-state index < -0.39 is 22.0 Å². The van der Waals surface area contributed by atoms with Gasteiger partial charge in [0.05, 0.1) is 16.3 Å². The van der Waals surface area contributed by atoms with Gasteiger partial charge in [-0.25, -0.2) is 8.42 Å². The molecule has 0 saturated carbocycles. The molecule has 2 amide bonds. The lowest BCUT2D eigenvalue weighted by atomic mass is 10.1. The number of anilines is 2. The third-order valence-electron chi connectivity index (χ3n) is 4.11. The summed E-state index contributed by atoms with van der Waals surface area (Å²) < 4.78 is 26.7. The number of amides is 2. The van der Waals surface area contributed by atoms with Gasteiger partial charge in [0, 0.05) is 12.5 Å². The van der Waals surface area contributed by atoms with Crippen molar-refractivity contribution in [1.82, 2.24) is 4.72 Å². The van der Waals surface area contributed by atoms with Gasteiger partial charge in [-0.15, -0.1) is 0 Å². The molecule has 1 aliphatic rings. The van der Waals surface area contributed by atoms with E-state index in [0.29, 0.717) is 16.9 Å². The summed E-state index contributed by atoms with van der Waals surface area (Å²) in [4.78, 5) is 28.4. The lowest BCUT2D eigenvalue weighted by Gasteiger charge is -2.14. The number of hydrogen-bond donors (Lipinski definition) is 3. The molecule has 0 bridgehead atoms. The summed E-state index contributed by atoms with van der Waals surface area (Å²) in [5.74, 6) is -0.567. The monoisotopic (exact) mass is 400 g/mol. The number of carbonyl (C=O) groups is 2.